The van der Waals surface area contributed by atoms with Crippen molar-refractivity contribution < 1.29 is 14.3 Å². The van der Waals surface area contributed by atoms with E-state index in [-0.39, 0.29) is 18.0 Å². The van der Waals surface area contributed by atoms with Crippen LogP contribution in [0.4, 0.5) is 0 Å². The van der Waals surface area contributed by atoms with Gasteiger partial charge in [0, 0.05) is 5.56 Å². The van der Waals surface area contributed by atoms with Crippen molar-refractivity contribution in [3.63, 3.8) is 0 Å². The van der Waals surface area contributed by atoms with E-state index in [1.165, 1.54) is 0 Å². The standard InChI is InChI=1S/C18H25NO3/c1-4-22-17-9-13(5-8-16(17)12(2)3)18(20)19-14-6-7-15(19)11-21-10-14/h5,8-9,12,14-15H,4,6-7,10-11H2,1-3H3. The van der Waals surface area contributed by atoms with Crippen LogP contribution in [0.15, 0.2) is 18.2 Å². The summed E-state index contributed by atoms with van der Waals surface area (Å²) in [6, 6.07) is 6.37. The van der Waals surface area contributed by atoms with E-state index in [0.717, 1.165) is 29.7 Å². The number of fused-ring (bicyclic) bond motifs is 2. The minimum absolute atomic E-state index is 0.118. The first-order chi connectivity index (χ1) is 10.6. The highest BCUT2D eigenvalue weighted by molar-refractivity contribution is 5.95. The van der Waals surface area contributed by atoms with Crippen LogP contribution in [-0.2, 0) is 4.74 Å². The molecule has 2 aliphatic heterocycles. The molecule has 0 saturated carbocycles. The number of morpholine rings is 1. The van der Waals surface area contributed by atoms with Crippen LogP contribution in [-0.4, -0.2) is 42.7 Å². The van der Waals surface area contributed by atoms with Crippen molar-refractivity contribution in [1.82, 2.24) is 4.90 Å². The molecule has 0 aliphatic carbocycles. The molecule has 2 heterocycles. The molecule has 2 bridgehead atoms. The zero-order valence-corrected chi connectivity index (χ0v) is 13.7. The molecule has 2 saturated heterocycles. The summed E-state index contributed by atoms with van der Waals surface area (Å²) in [6.45, 7) is 8.21. The van der Waals surface area contributed by atoms with E-state index in [2.05, 4.69) is 13.8 Å². The molecule has 22 heavy (non-hydrogen) atoms. The van der Waals surface area contributed by atoms with Crippen LogP contribution < -0.4 is 4.74 Å². The second-order valence-electron chi connectivity index (χ2n) is 6.48. The molecule has 1 aromatic carbocycles. The summed E-state index contributed by atoms with van der Waals surface area (Å²) in [5, 5.41) is 0. The van der Waals surface area contributed by atoms with Crippen molar-refractivity contribution in [2.75, 3.05) is 19.8 Å². The van der Waals surface area contributed by atoms with Gasteiger partial charge in [-0.15, -0.1) is 0 Å². The molecule has 4 heteroatoms. The van der Waals surface area contributed by atoms with Crippen molar-refractivity contribution >= 4 is 5.91 Å². The van der Waals surface area contributed by atoms with Crippen LogP contribution in [0.25, 0.3) is 0 Å². The smallest absolute Gasteiger partial charge is 0.254 e. The zero-order chi connectivity index (χ0) is 15.7. The van der Waals surface area contributed by atoms with E-state index in [0.29, 0.717) is 25.7 Å². The van der Waals surface area contributed by atoms with Crippen LogP contribution in [0.1, 0.15) is 55.5 Å². The van der Waals surface area contributed by atoms with Crippen molar-refractivity contribution in [2.24, 2.45) is 0 Å². The summed E-state index contributed by atoms with van der Waals surface area (Å²) in [4.78, 5) is 14.9. The molecule has 0 radical (unpaired) electrons. The Hall–Kier alpha value is -1.55. The first kappa shape index (κ1) is 15.3. The SMILES string of the molecule is CCOc1cc(C(=O)N2C3CCC2COC3)ccc1C(C)C. The minimum atomic E-state index is 0.118. The molecular formula is C18H25NO3. The number of hydrogen-bond acceptors (Lipinski definition) is 3. The molecule has 0 N–H and O–H groups in total. The molecule has 2 atom stereocenters. The Bertz CT molecular complexity index is 539. The number of carbonyl (C=O) groups is 1. The lowest BCUT2D eigenvalue weighted by Gasteiger charge is -2.34. The average molecular weight is 303 g/mol. The molecule has 2 unspecified atom stereocenters. The lowest BCUT2D eigenvalue weighted by molar-refractivity contribution is -0.00717. The fraction of sp³-hybridized carbons (Fsp3) is 0.611. The highest BCUT2D eigenvalue weighted by Crippen LogP contribution is 2.32. The van der Waals surface area contributed by atoms with Gasteiger partial charge in [-0.25, -0.2) is 0 Å². The third-order valence-electron chi connectivity index (χ3n) is 4.66. The van der Waals surface area contributed by atoms with Crippen LogP contribution in [0, 0.1) is 0 Å². The van der Waals surface area contributed by atoms with E-state index < -0.39 is 0 Å². The third kappa shape index (κ3) is 2.72. The second-order valence-corrected chi connectivity index (χ2v) is 6.48. The Morgan fingerprint density at radius 2 is 2.00 bits per heavy atom. The maximum Gasteiger partial charge on any atom is 0.254 e. The fourth-order valence-electron chi connectivity index (χ4n) is 3.53. The maximum atomic E-state index is 12.9. The van der Waals surface area contributed by atoms with Gasteiger partial charge < -0.3 is 14.4 Å². The predicted octanol–water partition coefficient (Wildman–Crippen LogP) is 3.21. The van der Waals surface area contributed by atoms with E-state index in [4.69, 9.17) is 9.47 Å². The normalized spacial score (nSPS) is 23.9. The minimum Gasteiger partial charge on any atom is -0.494 e. The van der Waals surface area contributed by atoms with Gasteiger partial charge in [-0.1, -0.05) is 19.9 Å². The number of benzene rings is 1. The number of amides is 1. The van der Waals surface area contributed by atoms with E-state index in [9.17, 15) is 4.79 Å². The molecule has 0 spiro atoms. The summed E-state index contributed by atoms with van der Waals surface area (Å²) in [6.07, 6.45) is 2.11. The van der Waals surface area contributed by atoms with E-state index >= 15 is 0 Å². The highest BCUT2D eigenvalue weighted by atomic mass is 16.5. The molecule has 2 fully saturated rings. The molecule has 3 rings (SSSR count). The zero-order valence-electron chi connectivity index (χ0n) is 13.7. The lowest BCUT2D eigenvalue weighted by Crippen LogP contribution is -2.49. The lowest BCUT2D eigenvalue weighted by atomic mass is 9.99. The quantitative estimate of drug-likeness (QED) is 0.857. The molecule has 4 nitrogen and oxygen atoms in total. The Morgan fingerprint density at radius 1 is 1.32 bits per heavy atom. The van der Waals surface area contributed by atoms with Crippen LogP contribution >= 0.6 is 0 Å². The fourth-order valence-corrected chi connectivity index (χ4v) is 3.53. The van der Waals surface area contributed by atoms with Gasteiger partial charge in [-0.05, 0) is 43.4 Å². The van der Waals surface area contributed by atoms with Crippen molar-refractivity contribution in [3.05, 3.63) is 29.3 Å². The summed E-state index contributed by atoms with van der Waals surface area (Å²) in [5.74, 6) is 1.33. The predicted molar refractivity (Wildman–Crippen MR) is 85.5 cm³/mol. The van der Waals surface area contributed by atoms with Gasteiger partial charge in [-0.2, -0.15) is 0 Å². The van der Waals surface area contributed by atoms with Gasteiger partial charge in [0.05, 0.1) is 31.9 Å². The van der Waals surface area contributed by atoms with Crippen molar-refractivity contribution in [2.45, 2.75) is 51.6 Å². The topological polar surface area (TPSA) is 38.8 Å². The number of rotatable bonds is 4. The summed E-state index contributed by atoms with van der Waals surface area (Å²) in [7, 11) is 0. The van der Waals surface area contributed by atoms with Crippen molar-refractivity contribution in [1.29, 1.82) is 0 Å². The summed E-state index contributed by atoms with van der Waals surface area (Å²) >= 11 is 0. The van der Waals surface area contributed by atoms with Crippen molar-refractivity contribution in [3.8, 4) is 5.75 Å². The molecule has 1 aromatic rings. The Balaban J connectivity index is 1.88. The Morgan fingerprint density at radius 3 is 2.59 bits per heavy atom. The van der Waals surface area contributed by atoms with Gasteiger partial charge in [0.2, 0.25) is 0 Å². The molecule has 120 valence electrons. The average Bonchev–Trinajstić information content (AvgIpc) is 2.75. The van der Waals surface area contributed by atoms with Gasteiger partial charge in [0.25, 0.3) is 5.91 Å². The second kappa shape index (κ2) is 6.29. The molecular weight excluding hydrogens is 278 g/mol. The van der Waals surface area contributed by atoms with Gasteiger partial charge in [-0.3, -0.25) is 4.79 Å². The Labute approximate surface area is 132 Å². The summed E-state index contributed by atoms with van der Waals surface area (Å²) < 4.78 is 11.3. The van der Waals surface area contributed by atoms with Crippen LogP contribution in [0.2, 0.25) is 0 Å². The van der Waals surface area contributed by atoms with Gasteiger partial charge >= 0.3 is 0 Å². The summed E-state index contributed by atoms with van der Waals surface area (Å²) in [5.41, 5.74) is 1.88. The van der Waals surface area contributed by atoms with Crippen LogP contribution in [0.5, 0.6) is 5.75 Å². The Kier molecular flexibility index (Phi) is 4.39. The monoisotopic (exact) mass is 303 g/mol. The highest BCUT2D eigenvalue weighted by Gasteiger charge is 2.40. The number of hydrogen-bond donors (Lipinski definition) is 0. The van der Waals surface area contributed by atoms with E-state index in [1.807, 2.05) is 30.0 Å². The maximum absolute atomic E-state index is 12.9. The largest absolute Gasteiger partial charge is 0.494 e. The molecule has 0 aromatic heterocycles. The van der Waals surface area contributed by atoms with Gasteiger partial charge in [0.1, 0.15) is 5.75 Å². The molecule has 2 aliphatic rings. The number of ether oxygens (including phenoxy) is 2. The van der Waals surface area contributed by atoms with Gasteiger partial charge in [0.15, 0.2) is 0 Å². The number of carbonyl (C=O) groups excluding carboxylic acids is 1. The van der Waals surface area contributed by atoms with E-state index in [1.54, 1.807) is 0 Å². The third-order valence-corrected chi connectivity index (χ3v) is 4.66. The molecule has 1 amide bonds. The van der Waals surface area contributed by atoms with Crippen LogP contribution in [0.3, 0.4) is 0 Å². The first-order valence-electron chi connectivity index (χ1n) is 8.29. The first-order valence-corrected chi connectivity index (χ1v) is 8.29. The number of nitrogens with zero attached hydrogens (tertiary/aromatic N) is 1.